The van der Waals surface area contributed by atoms with E-state index in [9.17, 15) is 29.3 Å². The van der Waals surface area contributed by atoms with E-state index in [-0.39, 0.29) is 40.6 Å². The largest absolute Gasteiger partial charge is 0.452 e. The Balaban J connectivity index is 1.35. The molecular formula is C24H21N3O7. The van der Waals surface area contributed by atoms with Crippen LogP contribution in [0.15, 0.2) is 54.6 Å². The molecule has 0 saturated carbocycles. The molecule has 3 amide bonds. The lowest BCUT2D eigenvalue weighted by atomic mass is 9.85. The summed E-state index contributed by atoms with van der Waals surface area (Å²) in [5.74, 6) is -2.63. The first-order valence-electron chi connectivity index (χ1n) is 10.6. The number of allylic oxidation sites excluding steroid dienone is 2. The van der Waals surface area contributed by atoms with Crippen molar-refractivity contribution in [3.8, 4) is 0 Å². The van der Waals surface area contributed by atoms with Crippen LogP contribution in [0.5, 0.6) is 0 Å². The second-order valence-electron chi connectivity index (χ2n) is 8.10. The minimum Gasteiger partial charge on any atom is -0.452 e. The third-order valence-corrected chi connectivity index (χ3v) is 5.89. The maximum absolute atomic E-state index is 12.7. The van der Waals surface area contributed by atoms with Gasteiger partial charge in [-0.15, -0.1) is 0 Å². The zero-order valence-electron chi connectivity index (χ0n) is 18.2. The summed E-state index contributed by atoms with van der Waals surface area (Å²) in [4.78, 5) is 61.4. The van der Waals surface area contributed by atoms with E-state index in [4.69, 9.17) is 4.74 Å². The monoisotopic (exact) mass is 463 g/mol. The molecule has 2 aromatic rings. The van der Waals surface area contributed by atoms with Gasteiger partial charge in [0.2, 0.25) is 11.8 Å². The van der Waals surface area contributed by atoms with Crippen LogP contribution in [-0.2, 0) is 19.1 Å². The highest BCUT2D eigenvalue weighted by Gasteiger charge is 2.47. The molecule has 0 spiro atoms. The number of nitro groups is 1. The summed E-state index contributed by atoms with van der Waals surface area (Å²) in [5, 5.41) is 13.5. The van der Waals surface area contributed by atoms with Crippen LogP contribution in [0.1, 0.15) is 28.8 Å². The van der Waals surface area contributed by atoms with Crippen molar-refractivity contribution in [2.24, 2.45) is 11.8 Å². The van der Waals surface area contributed by atoms with Crippen molar-refractivity contribution in [1.82, 2.24) is 0 Å². The van der Waals surface area contributed by atoms with E-state index < -0.39 is 23.4 Å². The van der Waals surface area contributed by atoms with Crippen LogP contribution >= 0.6 is 0 Å². The first-order chi connectivity index (χ1) is 16.3. The number of rotatable bonds is 6. The first kappa shape index (κ1) is 22.8. The van der Waals surface area contributed by atoms with Gasteiger partial charge in [-0.3, -0.25) is 29.4 Å². The lowest BCUT2D eigenvalue weighted by molar-refractivity contribution is -0.385. The molecule has 10 heteroatoms. The summed E-state index contributed by atoms with van der Waals surface area (Å²) in [6, 6.07) is 10.0. The van der Waals surface area contributed by atoms with Gasteiger partial charge in [-0.25, -0.2) is 4.79 Å². The van der Waals surface area contributed by atoms with Crippen molar-refractivity contribution in [2.45, 2.75) is 19.8 Å². The molecule has 34 heavy (non-hydrogen) atoms. The van der Waals surface area contributed by atoms with Gasteiger partial charge in [0.25, 0.3) is 11.6 Å². The molecule has 0 bridgehead atoms. The molecule has 2 aliphatic rings. The third kappa shape index (κ3) is 4.42. The van der Waals surface area contributed by atoms with Gasteiger partial charge in [-0.1, -0.05) is 18.2 Å². The van der Waals surface area contributed by atoms with Gasteiger partial charge in [-0.05, 0) is 50.1 Å². The summed E-state index contributed by atoms with van der Waals surface area (Å²) < 4.78 is 5.01. The molecule has 1 aliphatic heterocycles. The van der Waals surface area contributed by atoms with Crippen molar-refractivity contribution in [2.75, 3.05) is 16.8 Å². The van der Waals surface area contributed by atoms with Crippen LogP contribution in [0, 0.1) is 28.9 Å². The summed E-state index contributed by atoms with van der Waals surface area (Å²) in [6.07, 6.45) is 4.89. The number of ether oxygens (including phenoxy) is 1. The molecule has 174 valence electrons. The smallest absolute Gasteiger partial charge is 0.338 e. The Bertz CT molecular complexity index is 1190. The third-order valence-electron chi connectivity index (χ3n) is 5.89. The first-order valence-corrected chi connectivity index (χ1v) is 10.6. The Morgan fingerprint density at radius 3 is 2.26 bits per heavy atom. The van der Waals surface area contributed by atoms with Crippen LogP contribution in [0.25, 0.3) is 0 Å². The number of nitro benzene ring substituents is 1. The Labute approximate surface area is 194 Å². The predicted octanol–water partition coefficient (Wildman–Crippen LogP) is 3.15. The molecule has 10 nitrogen and oxygen atoms in total. The van der Waals surface area contributed by atoms with Crippen molar-refractivity contribution < 1.29 is 28.8 Å². The van der Waals surface area contributed by atoms with E-state index in [0.29, 0.717) is 24.1 Å². The predicted molar refractivity (Wildman–Crippen MR) is 121 cm³/mol. The van der Waals surface area contributed by atoms with Crippen molar-refractivity contribution in [3.05, 3.63) is 75.9 Å². The van der Waals surface area contributed by atoms with E-state index >= 15 is 0 Å². The minimum absolute atomic E-state index is 0.139. The van der Waals surface area contributed by atoms with Gasteiger partial charge in [0.05, 0.1) is 28.0 Å². The molecule has 1 N–H and O–H groups in total. The number of hydrogen-bond donors (Lipinski definition) is 1. The van der Waals surface area contributed by atoms with E-state index in [1.165, 1.54) is 42.5 Å². The van der Waals surface area contributed by atoms with Crippen LogP contribution < -0.4 is 10.2 Å². The topological polar surface area (TPSA) is 136 Å². The summed E-state index contributed by atoms with van der Waals surface area (Å²) in [5.41, 5.74) is 1.03. The molecule has 1 saturated heterocycles. The second-order valence-corrected chi connectivity index (χ2v) is 8.10. The van der Waals surface area contributed by atoms with Crippen molar-refractivity contribution in [3.63, 3.8) is 0 Å². The standard InChI is InChI=1S/C24H21N3O7/c1-14-6-9-16(12-20(14)27(32)33)25-21(28)13-34-24(31)15-7-10-17(11-8-15)26-22(29)18-4-2-3-5-19(18)23(26)30/h2-3,6-12,18-19H,4-5,13H2,1H3,(H,25,28)/t18-,19-/m1/s1. The van der Waals surface area contributed by atoms with Gasteiger partial charge in [0.15, 0.2) is 6.61 Å². The number of fused-ring (bicyclic) bond motifs is 1. The van der Waals surface area contributed by atoms with Crippen LogP contribution in [0.2, 0.25) is 0 Å². The molecule has 2 aromatic carbocycles. The fraction of sp³-hybridized carbons (Fsp3) is 0.250. The van der Waals surface area contributed by atoms with Gasteiger partial charge in [0, 0.05) is 17.3 Å². The highest BCUT2D eigenvalue weighted by Crippen LogP contribution is 2.37. The molecule has 2 atom stereocenters. The summed E-state index contributed by atoms with van der Waals surface area (Å²) in [7, 11) is 0. The van der Waals surface area contributed by atoms with Crippen LogP contribution in [0.3, 0.4) is 0 Å². The lowest BCUT2D eigenvalue weighted by Crippen LogP contribution is -2.30. The van der Waals surface area contributed by atoms with E-state index in [0.717, 1.165) is 4.90 Å². The lowest BCUT2D eigenvalue weighted by Gasteiger charge is -2.15. The molecule has 1 aliphatic carbocycles. The fourth-order valence-corrected chi connectivity index (χ4v) is 4.10. The average Bonchev–Trinajstić information content (AvgIpc) is 3.09. The van der Waals surface area contributed by atoms with Crippen molar-refractivity contribution in [1.29, 1.82) is 0 Å². The van der Waals surface area contributed by atoms with Gasteiger partial charge >= 0.3 is 5.97 Å². The number of hydrogen-bond acceptors (Lipinski definition) is 7. The number of nitrogens with one attached hydrogen (secondary N) is 1. The van der Waals surface area contributed by atoms with Gasteiger partial charge in [0.1, 0.15) is 0 Å². The van der Waals surface area contributed by atoms with Gasteiger partial charge in [-0.2, -0.15) is 0 Å². The van der Waals surface area contributed by atoms with Crippen LogP contribution in [-0.4, -0.2) is 35.2 Å². The zero-order valence-corrected chi connectivity index (χ0v) is 18.2. The number of nitrogens with zero attached hydrogens (tertiary/aromatic N) is 2. The molecule has 4 rings (SSSR count). The van der Waals surface area contributed by atoms with Crippen molar-refractivity contribution >= 4 is 40.8 Å². The number of anilines is 2. The highest BCUT2D eigenvalue weighted by atomic mass is 16.6. The maximum atomic E-state index is 12.7. The number of imide groups is 1. The Kier molecular flexibility index (Phi) is 6.22. The Morgan fingerprint density at radius 1 is 1.06 bits per heavy atom. The zero-order chi connectivity index (χ0) is 24.4. The highest BCUT2D eigenvalue weighted by molar-refractivity contribution is 6.22. The molecule has 0 radical (unpaired) electrons. The fourth-order valence-electron chi connectivity index (χ4n) is 4.10. The number of carbonyl (C=O) groups excluding carboxylic acids is 4. The van der Waals surface area contributed by atoms with E-state index in [1.54, 1.807) is 6.92 Å². The molecule has 1 heterocycles. The SMILES string of the molecule is Cc1ccc(NC(=O)COC(=O)c2ccc(N3C(=O)[C@@H]4CC=CC[C@H]4C3=O)cc2)cc1[N+](=O)[O-]. The number of benzene rings is 2. The minimum atomic E-state index is -0.770. The molecule has 1 fully saturated rings. The molecule has 0 aromatic heterocycles. The molecular weight excluding hydrogens is 442 g/mol. The summed E-state index contributed by atoms with van der Waals surface area (Å²) in [6.45, 7) is 0.984. The number of aryl methyl sites for hydroxylation is 1. The van der Waals surface area contributed by atoms with Crippen LogP contribution in [0.4, 0.5) is 17.1 Å². The average molecular weight is 463 g/mol. The van der Waals surface area contributed by atoms with E-state index in [2.05, 4.69) is 5.32 Å². The van der Waals surface area contributed by atoms with E-state index in [1.807, 2.05) is 12.2 Å². The normalized spacial score (nSPS) is 19.0. The van der Waals surface area contributed by atoms with Gasteiger partial charge < -0.3 is 10.1 Å². The quantitative estimate of drug-likeness (QED) is 0.228. The molecule has 0 unspecified atom stereocenters. The maximum Gasteiger partial charge on any atom is 0.338 e. The second kappa shape index (κ2) is 9.26. The Hall–Kier alpha value is -4.34. The number of esters is 1. The number of carbonyl (C=O) groups is 4. The summed E-state index contributed by atoms with van der Waals surface area (Å²) >= 11 is 0. The number of amides is 3. The Morgan fingerprint density at radius 2 is 1.68 bits per heavy atom.